The average Bonchev–Trinajstić information content (AvgIpc) is 3.20. The SMILES string of the molecule is Bc1ccc(-c2ccccc2N(c2ccc3c(c2)C(C)(C)c2ccccc2-3)c2ccc3ccccc3c2)cc1. The Labute approximate surface area is 231 Å². The molecule has 6 aromatic rings. The zero-order valence-electron chi connectivity index (χ0n) is 22.6. The maximum atomic E-state index is 2.43. The molecule has 0 aromatic heterocycles. The van der Waals surface area contributed by atoms with Gasteiger partial charge in [-0.25, -0.2) is 0 Å². The molecule has 0 radical (unpaired) electrons. The van der Waals surface area contributed by atoms with Gasteiger partial charge in [-0.2, -0.15) is 0 Å². The first-order valence-corrected chi connectivity index (χ1v) is 13.7. The predicted octanol–water partition coefficient (Wildman–Crippen LogP) is 8.54. The zero-order chi connectivity index (χ0) is 26.6. The molecule has 0 N–H and O–H groups in total. The number of nitrogens with zero attached hydrogens (tertiary/aromatic N) is 1. The second-order valence-corrected chi connectivity index (χ2v) is 11.2. The van der Waals surface area contributed by atoms with E-state index in [1.807, 2.05) is 0 Å². The third-order valence-electron chi connectivity index (χ3n) is 8.32. The molecule has 7 rings (SSSR count). The summed E-state index contributed by atoms with van der Waals surface area (Å²) >= 11 is 0. The largest absolute Gasteiger partial charge is 0.310 e. The summed E-state index contributed by atoms with van der Waals surface area (Å²) in [7, 11) is 2.14. The molecule has 0 heterocycles. The number of benzene rings is 6. The average molecular weight is 499 g/mol. The van der Waals surface area contributed by atoms with Crippen LogP contribution in [0.2, 0.25) is 0 Å². The molecule has 0 atom stereocenters. The fourth-order valence-corrected chi connectivity index (χ4v) is 6.22. The zero-order valence-corrected chi connectivity index (χ0v) is 22.6. The number of fused-ring (bicyclic) bond motifs is 4. The van der Waals surface area contributed by atoms with E-state index in [9.17, 15) is 0 Å². The predicted molar refractivity (Wildman–Crippen MR) is 170 cm³/mol. The summed E-state index contributed by atoms with van der Waals surface area (Å²) < 4.78 is 0. The van der Waals surface area contributed by atoms with E-state index in [0.29, 0.717) is 0 Å². The third kappa shape index (κ3) is 3.87. The molecule has 1 nitrogen and oxygen atoms in total. The highest BCUT2D eigenvalue weighted by atomic mass is 15.1. The summed E-state index contributed by atoms with van der Waals surface area (Å²) in [5, 5.41) is 2.49. The van der Waals surface area contributed by atoms with Crippen molar-refractivity contribution in [1.29, 1.82) is 0 Å². The lowest BCUT2D eigenvalue weighted by Crippen LogP contribution is -2.17. The summed E-state index contributed by atoms with van der Waals surface area (Å²) in [6.45, 7) is 4.70. The maximum Gasteiger partial charge on any atom is 0.139 e. The molecule has 0 aliphatic heterocycles. The molecule has 0 spiro atoms. The van der Waals surface area contributed by atoms with Crippen molar-refractivity contribution in [1.82, 2.24) is 0 Å². The summed E-state index contributed by atoms with van der Waals surface area (Å²) in [5.74, 6) is 0. The molecule has 0 saturated carbocycles. The Balaban J connectivity index is 1.47. The van der Waals surface area contributed by atoms with Gasteiger partial charge in [-0.15, -0.1) is 0 Å². The molecule has 0 bridgehead atoms. The molecule has 1 aliphatic carbocycles. The highest BCUT2D eigenvalue weighted by Gasteiger charge is 2.35. The lowest BCUT2D eigenvalue weighted by molar-refractivity contribution is 0.660. The van der Waals surface area contributed by atoms with Gasteiger partial charge in [0.1, 0.15) is 7.85 Å². The van der Waals surface area contributed by atoms with E-state index in [4.69, 9.17) is 0 Å². The number of hydrogen-bond acceptors (Lipinski definition) is 1. The second kappa shape index (κ2) is 9.03. The minimum Gasteiger partial charge on any atom is -0.310 e. The van der Waals surface area contributed by atoms with Crippen molar-refractivity contribution in [2.24, 2.45) is 0 Å². The Bertz CT molecular complexity index is 1850. The van der Waals surface area contributed by atoms with Gasteiger partial charge in [-0.3, -0.25) is 0 Å². The van der Waals surface area contributed by atoms with E-state index in [1.165, 1.54) is 61.0 Å². The number of anilines is 3. The van der Waals surface area contributed by atoms with Crippen LogP contribution >= 0.6 is 0 Å². The van der Waals surface area contributed by atoms with E-state index in [-0.39, 0.29) is 5.41 Å². The third-order valence-corrected chi connectivity index (χ3v) is 8.32. The Kier molecular flexibility index (Phi) is 5.45. The molecule has 0 amide bonds. The molecular weight excluding hydrogens is 469 g/mol. The van der Waals surface area contributed by atoms with Crippen molar-refractivity contribution in [3.8, 4) is 22.3 Å². The van der Waals surface area contributed by atoms with Crippen molar-refractivity contribution >= 4 is 41.1 Å². The van der Waals surface area contributed by atoms with Gasteiger partial charge in [-0.1, -0.05) is 122 Å². The van der Waals surface area contributed by atoms with Crippen molar-refractivity contribution in [3.05, 3.63) is 145 Å². The van der Waals surface area contributed by atoms with Crippen LogP contribution in [0.15, 0.2) is 133 Å². The van der Waals surface area contributed by atoms with Crippen molar-refractivity contribution in [2.45, 2.75) is 19.3 Å². The van der Waals surface area contributed by atoms with E-state index in [1.54, 1.807) is 0 Å². The van der Waals surface area contributed by atoms with Gasteiger partial charge in [0.2, 0.25) is 0 Å². The minimum atomic E-state index is -0.0620. The van der Waals surface area contributed by atoms with Crippen molar-refractivity contribution < 1.29 is 0 Å². The van der Waals surface area contributed by atoms with E-state index >= 15 is 0 Å². The molecule has 186 valence electrons. The van der Waals surface area contributed by atoms with E-state index in [2.05, 4.69) is 160 Å². The molecule has 39 heavy (non-hydrogen) atoms. The Hall–Kier alpha value is -4.56. The number of rotatable bonds is 4. The Morgan fingerprint density at radius 1 is 0.513 bits per heavy atom. The van der Waals surface area contributed by atoms with Gasteiger partial charge in [0.15, 0.2) is 0 Å². The van der Waals surface area contributed by atoms with Gasteiger partial charge in [-0.05, 0) is 68.9 Å². The molecule has 0 saturated heterocycles. The van der Waals surface area contributed by atoms with Crippen LogP contribution < -0.4 is 10.4 Å². The highest BCUT2D eigenvalue weighted by molar-refractivity contribution is 6.32. The van der Waals surface area contributed by atoms with E-state index in [0.717, 1.165) is 5.69 Å². The van der Waals surface area contributed by atoms with Gasteiger partial charge >= 0.3 is 0 Å². The first-order chi connectivity index (χ1) is 19.0. The smallest absolute Gasteiger partial charge is 0.139 e. The normalized spacial score (nSPS) is 13.2. The van der Waals surface area contributed by atoms with Crippen LogP contribution in [-0.2, 0) is 5.41 Å². The minimum absolute atomic E-state index is 0.0620. The van der Waals surface area contributed by atoms with Crippen LogP contribution in [0.5, 0.6) is 0 Å². The molecule has 2 heteroatoms. The first kappa shape index (κ1) is 23.6. The Morgan fingerprint density at radius 2 is 1.13 bits per heavy atom. The van der Waals surface area contributed by atoms with Crippen LogP contribution in [0.25, 0.3) is 33.0 Å². The molecular formula is C37H30BN. The van der Waals surface area contributed by atoms with Crippen LogP contribution in [0.3, 0.4) is 0 Å². The van der Waals surface area contributed by atoms with Gasteiger partial charge < -0.3 is 4.90 Å². The van der Waals surface area contributed by atoms with Crippen molar-refractivity contribution in [2.75, 3.05) is 4.90 Å². The van der Waals surface area contributed by atoms with E-state index < -0.39 is 0 Å². The molecule has 6 aromatic carbocycles. The topological polar surface area (TPSA) is 3.24 Å². The summed E-state index contributed by atoms with van der Waals surface area (Å²) in [6.07, 6.45) is 0. The number of para-hydroxylation sites is 1. The van der Waals surface area contributed by atoms with Crippen molar-refractivity contribution in [3.63, 3.8) is 0 Å². The van der Waals surface area contributed by atoms with Gasteiger partial charge in [0.05, 0.1) is 5.69 Å². The quantitative estimate of drug-likeness (QED) is 0.220. The van der Waals surface area contributed by atoms with Crippen LogP contribution in [0.1, 0.15) is 25.0 Å². The second-order valence-electron chi connectivity index (χ2n) is 11.2. The fraction of sp³-hybridized carbons (Fsp3) is 0.0811. The molecule has 1 aliphatic rings. The van der Waals surface area contributed by atoms with Crippen LogP contribution in [0.4, 0.5) is 17.1 Å². The lowest BCUT2D eigenvalue weighted by atomic mass is 9.82. The standard InChI is InChI=1S/C37H30BN/c1-37(2)34-13-7-5-12-32(34)33-22-21-30(24-35(33)37)39(29-20-17-25-9-3-4-10-27(25)23-29)36-14-8-6-11-31(36)26-15-18-28(38)19-16-26/h3-24H,38H2,1-2H3. The van der Waals surface area contributed by atoms with Crippen LogP contribution in [-0.4, -0.2) is 7.85 Å². The highest BCUT2D eigenvalue weighted by Crippen LogP contribution is 2.51. The molecule has 0 unspecified atom stereocenters. The Morgan fingerprint density at radius 3 is 1.95 bits per heavy atom. The molecule has 0 fully saturated rings. The monoisotopic (exact) mass is 499 g/mol. The number of hydrogen-bond donors (Lipinski definition) is 0. The summed E-state index contributed by atoms with van der Waals surface area (Å²) in [4.78, 5) is 2.43. The van der Waals surface area contributed by atoms with Gasteiger partial charge in [0, 0.05) is 22.4 Å². The fourth-order valence-electron chi connectivity index (χ4n) is 6.22. The lowest BCUT2D eigenvalue weighted by Gasteiger charge is -2.30. The summed E-state index contributed by atoms with van der Waals surface area (Å²) in [6, 6.07) is 48.9. The first-order valence-electron chi connectivity index (χ1n) is 13.7. The summed E-state index contributed by atoms with van der Waals surface area (Å²) in [5.41, 5.74) is 12.6. The van der Waals surface area contributed by atoms with Gasteiger partial charge in [0.25, 0.3) is 0 Å². The van der Waals surface area contributed by atoms with Crippen LogP contribution in [0, 0.1) is 0 Å². The maximum absolute atomic E-state index is 2.43.